The number of hydrogen-bond acceptors (Lipinski definition) is 4. The van der Waals surface area contributed by atoms with Crippen molar-refractivity contribution in [3.05, 3.63) is 42.4 Å². The number of halogens is 2. The SMILES string of the molecule is O=C(O)C1CC2CCC1C(Nc1cc(-c3c[nH]c4ncc(F)cc34)ncc1F)C2. The third-order valence-electron chi connectivity index (χ3n) is 6.40. The molecule has 0 spiro atoms. The lowest BCUT2D eigenvalue weighted by molar-refractivity contribution is -0.147. The Morgan fingerprint density at radius 2 is 2.03 bits per heavy atom. The predicted octanol–water partition coefficient (Wildman–Crippen LogP) is 4.20. The molecule has 8 heteroatoms. The number of aromatic amines is 1. The Bertz CT molecular complexity index is 1100. The fourth-order valence-corrected chi connectivity index (χ4v) is 5.05. The fraction of sp³-hybridized carbons (Fsp3) is 0.381. The Balaban J connectivity index is 1.47. The van der Waals surface area contributed by atoms with Gasteiger partial charge in [-0.15, -0.1) is 0 Å². The highest BCUT2D eigenvalue weighted by atomic mass is 19.1. The average molecular weight is 398 g/mol. The van der Waals surface area contributed by atoms with Gasteiger partial charge in [0.05, 0.1) is 29.7 Å². The maximum atomic E-state index is 14.5. The average Bonchev–Trinajstić information content (AvgIpc) is 3.13. The summed E-state index contributed by atoms with van der Waals surface area (Å²) in [6.45, 7) is 0. The van der Waals surface area contributed by atoms with Gasteiger partial charge >= 0.3 is 5.97 Å². The molecule has 3 aromatic rings. The number of anilines is 1. The summed E-state index contributed by atoms with van der Waals surface area (Å²) in [6.07, 6.45) is 7.36. The van der Waals surface area contributed by atoms with E-state index < -0.39 is 17.6 Å². The lowest BCUT2D eigenvalue weighted by atomic mass is 9.62. The number of aromatic nitrogens is 3. The summed E-state index contributed by atoms with van der Waals surface area (Å²) in [5.74, 6) is -1.77. The first-order valence-electron chi connectivity index (χ1n) is 9.77. The van der Waals surface area contributed by atoms with E-state index in [1.54, 1.807) is 12.3 Å². The Morgan fingerprint density at radius 3 is 2.83 bits per heavy atom. The number of carbonyl (C=O) groups is 1. The number of rotatable bonds is 4. The van der Waals surface area contributed by atoms with Crippen LogP contribution in [0.3, 0.4) is 0 Å². The molecule has 0 aromatic carbocycles. The monoisotopic (exact) mass is 398 g/mol. The zero-order chi connectivity index (χ0) is 20.1. The highest BCUT2D eigenvalue weighted by Gasteiger charge is 2.45. The number of fused-ring (bicyclic) bond motifs is 4. The number of nitrogens with one attached hydrogen (secondary N) is 2. The van der Waals surface area contributed by atoms with E-state index in [0.717, 1.165) is 31.7 Å². The first-order valence-corrected chi connectivity index (χ1v) is 9.77. The van der Waals surface area contributed by atoms with E-state index in [-0.39, 0.29) is 23.6 Å². The molecule has 3 aromatic heterocycles. The Morgan fingerprint density at radius 1 is 1.17 bits per heavy atom. The van der Waals surface area contributed by atoms with Crippen molar-refractivity contribution in [2.75, 3.05) is 5.32 Å². The largest absolute Gasteiger partial charge is 0.481 e. The number of carboxylic acid groups (broad SMARTS) is 1. The second-order valence-corrected chi connectivity index (χ2v) is 8.08. The summed E-state index contributed by atoms with van der Waals surface area (Å²) in [4.78, 5) is 22.8. The zero-order valence-corrected chi connectivity index (χ0v) is 15.5. The molecule has 0 saturated heterocycles. The van der Waals surface area contributed by atoms with Gasteiger partial charge < -0.3 is 15.4 Å². The van der Waals surface area contributed by atoms with Crippen molar-refractivity contribution in [1.82, 2.24) is 15.0 Å². The molecule has 6 rings (SSSR count). The highest BCUT2D eigenvalue weighted by Crippen LogP contribution is 2.46. The highest BCUT2D eigenvalue weighted by molar-refractivity contribution is 5.92. The molecule has 3 fully saturated rings. The molecular formula is C21H20F2N4O2. The molecule has 3 aliphatic carbocycles. The number of hydrogen-bond donors (Lipinski definition) is 3. The topological polar surface area (TPSA) is 90.9 Å². The van der Waals surface area contributed by atoms with Gasteiger partial charge in [-0.3, -0.25) is 9.78 Å². The summed E-state index contributed by atoms with van der Waals surface area (Å²) in [5, 5.41) is 13.4. The van der Waals surface area contributed by atoms with Crippen molar-refractivity contribution in [2.24, 2.45) is 17.8 Å². The van der Waals surface area contributed by atoms with E-state index in [9.17, 15) is 18.7 Å². The molecule has 6 nitrogen and oxygen atoms in total. The molecule has 150 valence electrons. The summed E-state index contributed by atoms with van der Waals surface area (Å²) >= 11 is 0. The van der Waals surface area contributed by atoms with E-state index in [1.807, 2.05) is 0 Å². The molecule has 0 amide bonds. The molecular weight excluding hydrogens is 378 g/mol. The van der Waals surface area contributed by atoms with Crippen LogP contribution < -0.4 is 5.32 Å². The van der Waals surface area contributed by atoms with Gasteiger partial charge in [0.15, 0.2) is 5.82 Å². The van der Waals surface area contributed by atoms with Crippen molar-refractivity contribution in [3.63, 3.8) is 0 Å². The molecule has 3 N–H and O–H groups in total. The molecule has 4 atom stereocenters. The third-order valence-corrected chi connectivity index (χ3v) is 6.40. The number of carboxylic acids is 1. The third kappa shape index (κ3) is 3.12. The molecule has 0 radical (unpaired) electrons. The minimum atomic E-state index is -0.768. The van der Waals surface area contributed by atoms with Crippen LogP contribution in [0.15, 0.2) is 30.7 Å². The maximum Gasteiger partial charge on any atom is 0.306 e. The van der Waals surface area contributed by atoms with Gasteiger partial charge in [-0.25, -0.2) is 13.8 Å². The van der Waals surface area contributed by atoms with Gasteiger partial charge in [-0.2, -0.15) is 0 Å². The van der Waals surface area contributed by atoms with Gasteiger partial charge in [0.25, 0.3) is 0 Å². The van der Waals surface area contributed by atoms with Gasteiger partial charge in [-0.1, -0.05) is 0 Å². The molecule has 29 heavy (non-hydrogen) atoms. The van der Waals surface area contributed by atoms with Crippen LogP contribution in [-0.4, -0.2) is 32.1 Å². The number of pyridine rings is 2. The van der Waals surface area contributed by atoms with E-state index in [1.165, 1.54) is 6.07 Å². The summed E-state index contributed by atoms with van der Waals surface area (Å²) in [5.41, 5.74) is 1.93. The van der Waals surface area contributed by atoms with Crippen LogP contribution in [0, 0.1) is 29.4 Å². The Labute approximate surface area is 165 Å². The van der Waals surface area contributed by atoms with Crippen molar-refractivity contribution >= 4 is 22.7 Å². The van der Waals surface area contributed by atoms with E-state index >= 15 is 0 Å². The molecule has 3 heterocycles. The lowest BCUT2D eigenvalue weighted by Crippen LogP contribution is -2.48. The second kappa shape index (κ2) is 6.79. The van der Waals surface area contributed by atoms with E-state index in [4.69, 9.17) is 0 Å². The number of H-pyrrole nitrogens is 1. The first kappa shape index (κ1) is 18.0. The minimum Gasteiger partial charge on any atom is -0.481 e. The van der Waals surface area contributed by atoms with Crippen LogP contribution in [0.2, 0.25) is 0 Å². The van der Waals surface area contributed by atoms with Crippen LogP contribution in [0.5, 0.6) is 0 Å². The Hall–Kier alpha value is -3.03. The van der Waals surface area contributed by atoms with E-state index in [0.29, 0.717) is 34.6 Å². The van der Waals surface area contributed by atoms with Gasteiger partial charge in [0, 0.05) is 23.2 Å². The van der Waals surface area contributed by atoms with Crippen molar-refractivity contribution in [3.8, 4) is 11.3 Å². The lowest BCUT2D eigenvalue weighted by Gasteiger charge is -2.46. The number of aliphatic carboxylic acids is 1. The maximum absolute atomic E-state index is 14.5. The van der Waals surface area contributed by atoms with E-state index in [2.05, 4.69) is 20.3 Å². The summed E-state index contributed by atoms with van der Waals surface area (Å²) < 4.78 is 28.2. The second-order valence-electron chi connectivity index (χ2n) is 8.08. The van der Waals surface area contributed by atoms with Gasteiger partial charge in [-0.05, 0) is 49.7 Å². The number of nitrogens with zero attached hydrogens (tertiary/aromatic N) is 2. The zero-order valence-electron chi connectivity index (χ0n) is 15.5. The quantitative estimate of drug-likeness (QED) is 0.613. The first-order chi connectivity index (χ1) is 14.0. The van der Waals surface area contributed by atoms with Crippen molar-refractivity contribution in [2.45, 2.75) is 31.7 Å². The van der Waals surface area contributed by atoms with Crippen LogP contribution >= 0.6 is 0 Å². The smallest absolute Gasteiger partial charge is 0.306 e. The van der Waals surface area contributed by atoms with Crippen molar-refractivity contribution < 1.29 is 18.7 Å². The Kier molecular flexibility index (Phi) is 4.22. The molecule has 3 saturated carbocycles. The predicted molar refractivity (Wildman–Crippen MR) is 103 cm³/mol. The van der Waals surface area contributed by atoms with Gasteiger partial charge in [0.2, 0.25) is 0 Å². The molecule has 3 aliphatic rings. The van der Waals surface area contributed by atoms with Gasteiger partial charge in [0.1, 0.15) is 11.5 Å². The van der Waals surface area contributed by atoms with Crippen LogP contribution in [0.25, 0.3) is 22.3 Å². The molecule has 4 unspecified atom stereocenters. The summed E-state index contributed by atoms with van der Waals surface area (Å²) in [7, 11) is 0. The van der Waals surface area contributed by atoms with Crippen LogP contribution in [-0.2, 0) is 4.79 Å². The minimum absolute atomic E-state index is 0.0140. The molecule has 2 bridgehead atoms. The van der Waals surface area contributed by atoms with Crippen molar-refractivity contribution in [1.29, 1.82) is 0 Å². The fourth-order valence-electron chi connectivity index (χ4n) is 5.05. The van der Waals surface area contributed by atoms with Crippen LogP contribution in [0.4, 0.5) is 14.5 Å². The normalized spacial score (nSPS) is 26.0. The molecule has 0 aliphatic heterocycles. The standard InChI is InChI=1S/C21H20F2N4O2/c22-11-5-13-15(8-26-20(13)25-7-11)17-6-19(16(23)9-24-17)27-18-4-10-1-2-12(18)14(3-10)21(28)29/h5-10,12,14,18H,1-4H2,(H,24,27)(H,25,26)(H,28,29). The summed E-state index contributed by atoms with van der Waals surface area (Å²) in [6, 6.07) is 2.88. The van der Waals surface area contributed by atoms with Crippen LogP contribution in [0.1, 0.15) is 25.7 Å².